The van der Waals surface area contributed by atoms with E-state index in [9.17, 15) is 14.4 Å². The van der Waals surface area contributed by atoms with Gasteiger partial charge in [-0.15, -0.1) is 0 Å². The van der Waals surface area contributed by atoms with Crippen LogP contribution in [0.3, 0.4) is 0 Å². The second-order valence-corrected chi connectivity index (χ2v) is 6.82. The van der Waals surface area contributed by atoms with Crippen LogP contribution < -0.4 is 11.2 Å². The highest BCUT2D eigenvalue weighted by Crippen LogP contribution is 2.30. The van der Waals surface area contributed by atoms with E-state index in [2.05, 4.69) is 0 Å². The zero-order chi connectivity index (χ0) is 21.8. The highest BCUT2D eigenvalue weighted by atomic mass is 16.5. The van der Waals surface area contributed by atoms with Crippen LogP contribution in [0.1, 0.15) is 38.4 Å². The zero-order valence-corrected chi connectivity index (χ0v) is 16.3. The number of nitrogens with zero attached hydrogens (tertiary/aromatic N) is 1. The van der Waals surface area contributed by atoms with E-state index in [4.69, 9.17) is 16.0 Å². The number of primary amides is 1. The molecule has 0 saturated heterocycles. The second-order valence-electron chi connectivity index (χ2n) is 6.82. The first-order chi connectivity index (χ1) is 14.3. The van der Waals surface area contributed by atoms with Crippen molar-refractivity contribution in [2.45, 2.75) is 19.8 Å². The minimum atomic E-state index is -0.899. The number of aryl methyl sites for hydroxylation is 2. The maximum atomic E-state index is 11.6. The van der Waals surface area contributed by atoms with Gasteiger partial charge in [-0.3, -0.25) is 19.6 Å². The van der Waals surface area contributed by atoms with Crippen LogP contribution in [-0.2, 0) is 11.2 Å². The quantitative estimate of drug-likeness (QED) is 0.353. The highest BCUT2D eigenvalue weighted by Gasteiger charge is 2.16. The van der Waals surface area contributed by atoms with Crippen LogP contribution in [0.25, 0.3) is 16.9 Å². The summed E-state index contributed by atoms with van der Waals surface area (Å²) in [7, 11) is 0. The van der Waals surface area contributed by atoms with Crippen LogP contribution in [0.5, 0.6) is 0 Å². The van der Waals surface area contributed by atoms with Crippen molar-refractivity contribution in [2.75, 3.05) is 0 Å². The molecule has 0 aliphatic heterocycles. The number of amides is 2. The lowest BCUT2D eigenvalue weighted by atomic mass is 10.1. The fraction of sp³-hybridized carbons (Fsp3) is 0.136. The smallest absolute Gasteiger partial charge is 0.303 e. The van der Waals surface area contributed by atoms with Gasteiger partial charge in [0.1, 0.15) is 0 Å². The third-order valence-electron chi connectivity index (χ3n) is 4.82. The van der Waals surface area contributed by atoms with E-state index in [1.807, 2.05) is 23.6 Å². The topological polar surface area (TPSA) is 135 Å². The first-order valence-electron chi connectivity index (χ1n) is 9.20. The summed E-state index contributed by atoms with van der Waals surface area (Å²) < 4.78 is 1.93. The lowest BCUT2D eigenvalue weighted by molar-refractivity contribution is -0.137. The minimum absolute atomic E-state index is 0.0303. The van der Waals surface area contributed by atoms with E-state index in [1.165, 1.54) is 0 Å². The molecule has 5 N–H and O–H groups in total. The van der Waals surface area contributed by atoms with Crippen molar-refractivity contribution < 1.29 is 24.7 Å². The SMILES string of the molecule is Cc1cc(C(N)=O)ccc1-n1c(CCC(=O)O)ccc1-c1ccc(C(=O)NO)cc1. The number of aliphatic carboxylic acids is 1. The Hall–Kier alpha value is -3.91. The van der Waals surface area contributed by atoms with Crippen molar-refractivity contribution >= 4 is 17.8 Å². The normalized spacial score (nSPS) is 10.6. The van der Waals surface area contributed by atoms with Gasteiger partial charge in [-0.2, -0.15) is 0 Å². The minimum Gasteiger partial charge on any atom is -0.481 e. The Kier molecular flexibility index (Phi) is 5.98. The summed E-state index contributed by atoms with van der Waals surface area (Å²) in [4.78, 5) is 34.2. The fourth-order valence-electron chi connectivity index (χ4n) is 3.34. The number of hydrogen-bond acceptors (Lipinski definition) is 4. The van der Waals surface area contributed by atoms with Gasteiger partial charge in [0, 0.05) is 22.5 Å². The number of rotatable bonds is 7. The molecule has 1 heterocycles. The molecule has 0 spiro atoms. The van der Waals surface area contributed by atoms with Crippen LogP contribution >= 0.6 is 0 Å². The Balaban J connectivity index is 2.12. The molecule has 1 aromatic heterocycles. The number of nitrogens with one attached hydrogen (secondary N) is 1. The predicted octanol–water partition coefficient (Wildman–Crippen LogP) is 2.69. The van der Waals surface area contributed by atoms with Crippen molar-refractivity contribution in [3.05, 3.63) is 77.0 Å². The Labute approximate surface area is 172 Å². The molecule has 0 aliphatic carbocycles. The second kappa shape index (κ2) is 8.62. The van der Waals surface area contributed by atoms with E-state index < -0.39 is 17.8 Å². The van der Waals surface area contributed by atoms with Crippen molar-refractivity contribution in [1.82, 2.24) is 10.0 Å². The van der Waals surface area contributed by atoms with Gasteiger partial charge in [0.15, 0.2) is 0 Å². The summed E-state index contributed by atoms with van der Waals surface area (Å²) in [5.41, 5.74) is 11.6. The average Bonchev–Trinajstić information content (AvgIpc) is 3.15. The zero-order valence-electron chi connectivity index (χ0n) is 16.3. The molecule has 8 heteroatoms. The molecule has 0 bridgehead atoms. The first kappa shape index (κ1) is 20.8. The lowest BCUT2D eigenvalue weighted by Crippen LogP contribution is -2.18. The third kappa shape index (κ3) is 4.23. The number of carboxylic acid groups (broad SMARTS) is 1. The van der Waals surface area contributed by atoms with E-state index in [-0.39, 0.29) is 6.42 Å². The molecule has 3 rings (SSSR count). The Morgan fingerprint density at radius 2 is 1.67 bits per heavy atom. The van der Waals surface area contributed by atoms with Gasteiger partial charge in [-0.25, -0.2) is 5.48 Å². The summed E-state index contributed by atoms with van der Waals surface area (Å²) in [6, 6.07) is 15.5. The van der Waals surface area contributed by atoms with E-state index in [1.54, 1.807) is 47.9 Å². The lowest BCUT2D eigenvalue weighted by Gasteiger charge is -2.17. The van der Waals surface area contributed by atoms with Crippen molar-refractivity contribution in [3.8, 4) is 16.9 Å². The van der Waals surface area contributed by atoms with Crippen LogP contribution in [0.15, 0.2) is 54.6 Å². The standard InChI is InChI=1S/C22H21N3O5/c1-13-12-16(21(23)28)6-9-18(13)25-17(8-11-20(26)27)7-10-19(25)14-2-4-15(5-3-14)22(29)24-30/h2-7,9-10,12,30H,8,11H2,1H3,(H2,23,28)(H,24,29)(H,26,27). The molecule has 8 nitrogen and oxygen atoms in total. The van der Waals surface area contributed by atoms with Gasteiger partial charge < -0.3 is 15.4 Å². The average molecular weight is 407 g/mol. The maximum Gasteiger partial charge on any atom is 0.303 e. The number of aromatic nitrogens is 1. The highest BCUT2D eigenvalue weighted by molar-refractivity contribution is 5.94. The number of carbonyl (C=O) groups is 3. The molecule has 2 amide bonds. The van der Waals surface area contributed by atoms with E-state index >= 15 is 0 Å². The summed E-state index contributed by atoms with van der Waals surface area (Å²) in [5.74, 6) is -2.04. The Morgan fingerprint density at radius 1 is 1.00 bits per heavy atom. The summed E-state index contributed by atoms with van der Waals surface area (Å²) in [6.07, 6.45) is 0.287. The van der Waals surface area contributed by atoms with Gasteiger partial charge in [-0.05, 0) is 66.9 Å². The summed E-state index contributed by atoms with van der Waals surface area (Å²) in [6.45, 7) is 1.85. The Bertz CT molecular complexity index is 1120. The predicted molar refractivity (Wildman–Crippen MR) is 110 cm³/mol. The molecule has 0 aliphatic rings. The summed E-state index contributed by atoms with van der Waals surface area (Å²) in [5, 5.41) is 17.9. The van der Waals surface area contributed by atoms with Crippen LogP contribution in [0.4, 0.5) is 0 Å². The van der Waals surface area contributed by atoms with Gasteiger partial charge in [0.05, 0.1) is 12.1 Å². The molecule has 154 valence electrons. The third-order valence-corrected chi connectivity index (χ3v) is 4.82. The molecule has 3 aromatic rings. The Morgan fingerprint density at radius 3 is 2.23 bits per heavy atom. The van der Waals surface area contributed by atoms with Gasteiger partial charge >= 0.3 is 5.97 Å². The molecule has 0 atom stereocenters. The van der Waals surface area contributed by atoms with Crippen molar-refractivity contribution in [2.24, 2.45) is 5.73 Å². The van der Waals surface area contributed by atoms with Crippen molar-refractivity contribution in [3.63, 3.8) is 0 Å². The summed E-state index contributed by atoms with van der Waals surface area (Å²) >= 11 is 0. The molecule has 0 radical (unpaired) electrons. The molecule has 0 unspecified atom stereocenters. The fourth-order valence-corrected chi connectivity index (χ4v) is 3.34. The van der Waals surface area contributed by atoms with Crippen molar-refractivity contribution in [1.29, 1.82) is 0 Å². The number of hydrogen-bond donors (Lipinski definition) is 4. The number of nitrogens with two attached hydrogens (primary N) is 1. The van der Waals surface area contributed by atoms with E-state index in [0.717, 1.165) is 28.2 Å². The van der Waals surface area contributed by atoms with E-state index in [0.29, 0.717) is 17.5 Å². The molecule has 0 saturated carbocycles. The maximum absolute atomic E-state index is 11.6. The van der Waals surface area contributed by atoms with Crippen LogP contribution in [0.2, 0.25) is 0 Å². The van der Waals surface area contributed by atoms with Gasteiger partial charge in [-0.1, -0.05) is 12.1 Å². The number of benzene rings is 2. The molecule has 30 heavy (non-hydrogen) atoms. The molecule has 0 fully saturated rings. The number of hydroxylamine groups is 1. The number of carbonyl (C=O) groups excluding carboxylic acids is 2. The molecule has 2 aromatic carbocycles. The monoisotopic (exact) mass is 407 g/mol. The van der Waals surface area contributed by atoms with Gasteiger partial charge in [0.25, 0.3) is 5.91 Å². The van der Waals surface area contributed by atoms with Crippen LogP contribution in [0, 0.1) is 6.92 Å². The van der Waals surface area contributed by atoms with Crippen LogP contribution in [-0.4, -0.2) is 32.7 Å². The largest absolute Gasteiger partial charge is 0.481 e. The molecular formula is C22H21N3O5. The molecular weight excluding hydrogens is 386 g/mol. The van der Waals surface area contributed by atoms with Gasteiger partial charge in [0.2, 0.25) is 5.91 Å². The number of carboxylic acids is 1. The first-order valence-corrected chi connectivity index (χ1v) is 9.20.